The number of piperazine rings is 1. The van der Waals surface area contributed by atoms with Gasteiger partial charge in [0.2, 0.25) is 0 Å². The molecule has 1 aliphatic heterocycles. The van der Waals surface area contributed by atoms with Crippen molar-refractivity contribution in [2.75, 3.05) is 19.6 Å². The van der Waals surface area contributed by atoms with Gasteiger partial charge < -0.3 is 19.3 Å². The zero-order valence-electron chi connectivity index (χ0n) is 21.8. The molecule has 1 aliphatic carbocycles. The summed E-state index contributed by atoms with van der Waals surface area (Å²) >= 11 is 0. The van der Waals surface area contributed by atoms with Crippen LogP contribution in [0.15, 0.2) is 40.8 Å². The molecule has 7 nitrogen and oxygen atoms in total. The van der Waals surface area contributed by atoms with Gasteiger partial charge >= 0.3 is 0 Å². The number of aliphatic hydroxyl groups excluding tert-OH is 1. The van der Waals surface area contributed by atoms with Gasteiger partial charge in [-0.05, 0) is 67.9 Å². The highest BCUT2D eigenvalue weighted by Gasteiger charge is 2.42. The lowest BCUT2D eigenvalue weighted by Gasteiger charge is -2.40. The van der Waals surface area contributed by atoms with Gasteiger partial charge in [0.15, 0.2) is 11.3 Å². The first-order valence-electron chi connectivity index (χ1n) is 13.0. The number of pyridine rings is 1. The van der Waals surface area contributed by atoms with Gasteiger partial charge in [-0.15, -0.1) is 0 Å². The van der Waals surface area contributed by atoms with Crippen LogP contribution in [0.3, 0.4) is 0 Å². The van der Waals surface area contributed by atoms with Crippen molar-refractivity contribution >= 4 is 22.9 Å². The van der Waals surface area contributed by atoms with E-state index in [4.69, 9.17) is 9.40 Å². The van der Waals surface area contributed by atoms with E-state index in [1.54, 1.807) is 28.0 Å². The van der Waals surface area contributed by atoms with Crippen molar-refractivity contribution in [3.63, 3.8) is 0 Å². The van der Waals surface area contributed by atoms with Gasteiger partial charge in [-0.2, -0.15) is 0 Å². The van der Waals surface area contributed by atoms with E-state index in [1.165, 1.54) is 12.1 Å². The molecule has 3 heterocycles. The van der Waals surface area contributed by atoms with Crippen LogP contribution in [0.4, 0.5) is 4.39 Å². The molecule has 2 aromatic heterocycles. The summed E-state index contributed by atoms with van der Waals surface area (Å²) in [6, 6.07) is 9.70. The van der Waals surface area contributed by atoms with Crippen molar-refractivity contribution in [2.45, 2.75) is 64.5 Å². The van der Waals surface area contributed by atoms with Crippen LogP contribution in [-0.4, -0.2) is 63.5 Å². The quantitative estimate of drug-likeness (QED) is 0.520. The fourth-order valence-electron chi connectivity index (χ4n) is 5.16. The number of furan rings is 1. The lowest BCUT2D eigenvalue weighted by molar-refractivity contribution is -0.145. The number of rotatable bonds is 6. The Bertz CT molecular complexity index is 1330. The zero-order chi connectivity index (χ0) is 26.5. The molecule has 2 aliphatic rings. The summed E-state index contributed by atoms with van der Waals surface area (Å²) in [6.45, 7) is 9.07. The lowest BCUT2D eigenvalue weighted by Crippen LogP contribution is -2.57. The van der Waals surface area contributed by atoms with Gasteiger partial charge in [0.25, 0.3) is 11.8 Å². The van der Waals surface area contributed by atoms with E-state index in [-0.39, 0.29) is 40.8 Å². The maximum atomic E-state index is 13.5. The number of fused-ring (bicyclic) bond motifs is 1. The molecule has 0 spiro atoms. The third-order valence-electron chi connectivity index (χ3n) is 7.66. The molecule has 1 N–H and O–H groups in total. The Labute approximate surface area is 216 Å². The molecular formula is C29H34FN3O4. The van der Waals surface area contributed by atoms with Crippen LogP contribution in [0.25, 0.3) is 22.4 Å². The predicted octanol–water partition coefficient (Wildman–Crippen LogP) is 4.77. The molecule has 0 radical (unpaired) electrons. The Morgan fingerprint density at radius 1 is 1.19 bits per heavy atom. The van der Waals surface area contributed by atoms with E-state index in [0.717, 1.165) is 29.7 Å². The summed E-state index contributed by atoms with van der Waals surface area (Å²) in [5.41, 5.74) is 3.72. The molecule has 1 saturated carbocycles. The maximum Gasteiger partial charge on any atom is 0.289 e. The van der Waals surface area contributed by atoms with Crippen LogP contribution in [0.5, 0.6) is 0 Å². The number of hydrogen-bond donors (Lipinski definition) is 1. The molecule has 1 saturated heterocycles. The van der Waals surface area contributed by atoms with E-state index < -0.39 is 6.10 Å². The second-order valence-corrected chi connectivity index (χ2v) is 11.2. The van der Waals surface area contributed by atoms with Crippen LogP contribution < -0.4 is 0 Å². The highest BCUT2D eigenvalue weighted by atomic mass is 19.1. The number of benzene rings is 1. The molecule has 3 aromatic rings. The van der Waals surface area contributed by atoms with Gasteiger partial charge in [0, 0.05) is 42.9 Å². The second-order valence-electron chi connectivity index (χ2n) is 11.2. The average molecular weight is 508 g/mol. The first-order valence-corrected chi connectivity index (χ1v) is 13.0. The van der Waals surface area contributed by atoms with E-state index in [0.29, 0.717) is 37.2 Å². The lowest BCUT2D eigenvalue weighted by atomic mass is 9.96. The summed E-state index contributed by atoms with van der Waals surface area (Å²) < 4.78 is 19.6. The number of hydrogen-bond acceptors (Lipinski definition) is 5. The van der Waals surface area contributed by atoms with Crippen LogP contribution in [0.2, 0.25) is 0 Å². The van der Waals surface area contributed by atoms with Gasteiger partial charge in [-0.3, -0.25) is 9.59 Å². The molecule has 2 atom stereocenters. The minimum atomic E-state index is -1.02. The van der Waals surface area contributed by atoms with Gasteiger partial charge in [-0.1, -0.05) is 20.8 Å². The smallest absolute Gasteiger partial charge is 0.289 e. The van der Waals surface area contributed by atoms with Crippen molar-refractivity contribution in [3.8, 4) is 11.3 Å². The van der Waals surface area contributed by atoms with Crippen LogP contribution in [0.1, 0.15) is 63.1 Å². The molecule has 0 bridgehead atoms. The highest BCUT2D eigenvalue weighted by molar-refractivity contribution is 5.96. The Morgan fingerprint density at radius 3 is 2.51 bits per heavy atom. The van der Waals surface area contributed by atoms with Crippen molar-refractivity contribution in [2.24, 2.45) is 5.92 Å². The first kappa shape index (κ1) is 25.4. The third kappa shape index (κ3) is 4.99. The minimum absolute atomic E-state index is 0.0362. The molecule has 2 amide bonds. The monoisotopic (exact) mass is 507 g/mol. The topological polar surface area (TPSA) is 86.9 Å². The summed E-state index contributed by atoms with van der Waals surface area (Å²) in [6.07, 6.45) is 1.44. The normalized spacial score (nSPS) is 19.9. The molecule has 196 valence electrons. The number of carbonyl (C=O) groups is 2. The predicted molar refractivity (Wildman–Crippen MR) is 139 cm³/mol. The van der Waals surface area contributed by atoms with Crippen molar-refractivity contribution in [1.82, 2.24) is 14.8 Å². The molecule has 37 heavy (non-hydrogen) atoms. The Balaban J connectivity index is 1.39. The number of aliphatic hydroxyl groups is 1. The van der Waals surface area contributed by atoms with E-state index >= 15 is 0 Å². The summed E-state index contributed by atoms with van der Waals surface area (Å²) in [7, 11) is 0. The molecule has 1 aromatic carbocycles. The Morgan fingerprint density at radius 2 is 1.89 bits per heavy atom. The third-order valence-corrected chi connectivity index (χ3v) is 7.66. The minimum Gasteiger partial charge on any atom is -0.449 e. The highest BCUT2D eigenvalue weighted by Crippen LogP contribution is 2.50. The number of halogens is 1. The molecule has 8 heteroatoms. The number of amides is 2. The molecule has 2 fully saturated rings. The summed E-state index contributed by atoms with van der Waals surface area (Å²) in [4.78, 5) is 34.3. The molecular weight excluding hydrogens is 473 g/mol. The van der Waals surface area contributed by atoms with Crippen LogP contribution in [0, 0.1) is 11.7 Å². The van der Waals surface area contributed by atoms with E-state index in [2.05, 4.69) is 6.92 Å². The van der Waals surface area contributed by atoms with Crippen molar-refractivity contribution in [1.29, 1.82) is 0 Å². The van der Waals surface area contributed by atoms with Gasteiger partial charge in [-0.25, -0.2) is 9.37 Å². The molecule has 5 rings (SSSR count). The van der Waals surface area contributed by atoms with Crippen LogP contribution in [-0.2, 0) is 10.2 Å². The van der Waals surface area contributed by atoms with E-state index in [9.17, 15) is 19.1 Å². The number of aromatic nitrogens is 1. The Kier molecular flexibility index (Phi) is 6.56. The largest absolute Gasteiger partial charge is 0.449 e. The number of carbonyl (C=O) groups excluding carboxylic acids is 2. The summed E-state index contributed by atoms with van der Waals surface area (Å²) in [5, 5.41) is 10.3. The maximum absolute atomic E-state index is 13.5. The van der Waals surface area contributed by atoms with Gasteiger partial charge in [0.1, 0.15) is 17.4 Å². The zero-order valence-corrected chi connectivity index (χ0v) is 21.8. The van der Waals surface area contributed by atoms with Crippen molar-refractivity contribution < 1.29 is 23.5 Å². The standard InChI is InChI=1S/C29H34FN3O4/c1-17(2)13-24(34)27(35)33-12-11-32(16-18(33)3)28(36)25-15-23-26(37-25)21(29(4)9-10-29)14-22(31-23)19-5-7-20(30)8-6-19/h5-8,14-15,17-18,24,34H,9-13,16H2,1-4H3/t18-,24+/m0/s1. The average Bonchev–Trinajstić information content (AvgIpc) is 3.46. The van der Waals surface area contributed by atoms with E-state index in [1.807, 2.05) is 26.8 Å². The number of nitrogens with zero attached hydrogens (tertiary/aromatic N) is 3. The fraction of sp³-hybridized carbons (Fsp3) is 0.483. The SMILES string of the molecule is CC(C)C[C@@H](O)C(=O)N1CCN(C(=O)c2cc3nc(-c4ccc(F)cc4)cc(C4(C)CC4)c3o2)C[C@@H]1C. The van der Waals surface area contributed by atoms with Crippen LogP contribution >= 0.6 is 0 Å². The first-order chi connectivity index (χ1) is 17.6. The van der Waals surface area contributed by atoms with Crippen molar-refractivity contribution in [3.05, 3.63) is 53.5 Å². The van der Waals surface area contributed by atoms with Gasteiger partial charge in [0.05, 0.1) is 5.69 Å². The Hall–Kier alpha value is -3.26. The second kappa shape index (κ2) is 9.56. The summed E-state index contributed by atoms with van der Waals surface area (Å²) in [5.74, 6) is -0.395. The fourth-order valence-corrected chi connectivity index (χ4v) is 5.16. The molecule has 0 unspecified atom stereocenters.